The second-order valence-electron chi connectivity index (χ2n) is 6.49. The van der Waals surface area contributed by atoms with Gasteiger partial charge in [-0.1, -0.05) is 12.6 Å². The van der Waals surface area contributed by atoms with Crippen LogP contribution in [0.1, 0.15) is 11.1 Å². The number of carbonyl (C=O) groups excluding carboxylic acids is 1. The third-order valence-electron chi connectivity index (χ3n) is 4.35. The third-order valence-corrected chi connectivity index (χ3v) is 4.35. The van der Waals surface area contributed by atoms with E-state index in [1.165, 1.54) is 24.3 Å². The van der Waals surface area contributed by atoms with Crippen LogP contribution in [0.4, 0.5) is 23.7 Å². The van der Waals surface area contributed by atoms with Crippen LogP contribution in [0.15, 0.2) is 73.4 Å². The Morgan fingerprint density at radius 2 is 2.00 bits per heavy atom. The number of nitrogens with two attached hydrogens (primary N) is 1. The van der Waals surface area contributed by atoms with Gasteiger partial charge in [-0.3, -0.25) is 9.67 Å². The Kier molecular flexibility index (Phi) is 6.10. The molecule has 0 saturated heterocycles. The molecule has 3 rings (SSSR count). The summed E-state index contributed by atoms with van der Waals surface area (Å²) in [7, 11) is 1.79. The standard InChI is InChI=1S/C21H19F3N6O/c1-3-14(28-20(31)29-15-6-4-5-13(9-15)21(22,23)24)7-8-18(25)16-10-26-12-19-17(16)11-27-30(19)2/h3-12H,1,25H2,2H3,(H2,28,29,31)/b14-7+,18-8-. The molecule has 0 fully saturated rings. The number of nitrogens with zero attached hydrogens (tertiary/aromatic N) is 3. The minimum Gasteiger partial charge on any atom is -0.398 e. The number of aromatic nitrogens is 3. The molecule has 2 amide bonds. The summed E-state index contributed by atoms with van der Waals surface area (Å²) < 4.78 is 40.1. The zero-order valence-corrected chi connectivity index (χ0v) is 16.4. The molecule has 0 bridgehead atoms. The third kappa shape index (κ3) is 5.10. The maximum absolute atomic E-state index is 12.8. The van der Waals surface area contributed by atoms with Gasteiger partial charge in [-0.2, -0.15) is 18.3 Å². The van der Waals surface area contributed by atoms with Crippen LogP contribution in [-0.4, -0.2) is 20.8 Å². The molecule has 0 aliphatic rings. The quantitative estimate of drug-likeness (QED) is 0.531. The molecule has 2 heterocycles. The van der Waals surface area contributed by atoms with Gasteiger partial charge >= 0.3 is 12.2 Å². The van der Waals surface area contributed by atoms with Crippen molar-refractivity contribution in [2.24, 2.45) is 12.8 Å². The number of hydrogen-bond donors (Lipinski definition) is 3. The van der Waals surface area contributed by atoms with Crippen molar-refractivity contribution in [2.75, 3.05) is 5.32 Å². The zero-order valence-electron chi connectivity index (χ0n) is 16.4. The van der Waals surface area contributed by atoms with Gasteiger partial charge in [-0.05, 0) is 36.4 Å². The number of alkyl halides is 3. The summed E-state index contributed by atoms with van der Waals surface area (Å²) in [6, 6.07) is 3.60. The molecular formula is C21H19F3N6O. The van der Waals surface area contributed by atoms with Crippen LogP contribution >= 0.6 is 0 Å². The Morgan fingerprint density at radius 1 is 1.23 bits per heavy atom. The molecule has 0 radical (unpaired) electrons. The van der Waals surface area contributed by atoms with Crippen LogP contribution in [0, 0.1) is 0 Å². The second-order valence-corrected chi connectivity index (χ2v) is 6.49. The van der Waals surface area contributed by atoms with E-state index in [-0.39, 0.29) is 5.69 Å². The molecule has 0 atom stereocenters. The number of anilines is 1. The fourth-order valence-corrected chi connectivity index (χ4v) is 2.79. The molecule has 0 spiro atoms. The van der Waals surface area contributed by atoms with E-state index >= 15 is 0 Å². The first-order valence-corrected chi connectivity index (χ1v) is 9.00. The Bertz CT molecular complexity index is 1190. The maximum atomic E-state index is 12.8. The highest BCUT2D eigenvalue weighted by molar-refractivity contribution is 5.91. The Hall–Kier alpha value is -4.08. The predicted octanol–water partition coefficient (Wildman–Crippen LogP) is 4.18. The van der Waals surface area contributed by atoms with Crippen LogP contribution in [0.3, 0.4) is 0 Å². The number of fused-ring (bicyclic) bond motifs is 1. The minimum absolute atomic E-state index is 0.000114. The molecule has 31 heavy (non-hydrogen) atoms. The van der Waals surface area contributed by atoms with Crippen LogP contribution in [0.2, 0.25) is 0 Å². The fourth-order valence-electron chi connectivity index (χ4n) is 2.79. The lowest BCUT2D eigenvalue weighted by atomic mass is 10.1. The van der Waals surface area contributed by atoms with Crippen LogP contribution in [-0.2, 0) is 13.2 Å². The molecule has 0 aliphatic carbocycles. The highest BCUT2D eigenvalue weighted by Crippen LogP contribution is 2.30. The lowest BCUT2D eigenvalue weighted by molar-refractivity contribution is -0.137. The van der Waals surface area contributed by atoms with Crippen LogP contribution in [0.25, 0.3) is 16.6 Å². The van der Waals surface area contributed by atoms with Gasteiger partial charge in [0.05, 0.1) is 23.5 Å². The van der Waals surface area contributed by atoms with Gasteiger partial charge in [0.2, 0.25) is 0 Å². The van der Waals surface area contributed by atoms with E-state index in [1.54, 1.807) is 36.4 Å². The van der Waals surface area contributed by atoms with Crippen LogP contribution < -0.4 is 16.4 Å². The monoisotopic (exact) mass is 428 g/mol. The zero-order chi connectivity index (χ0) is 22.6. The summed E-state index contributed by atoms with van der Waals surface area (Å²) in [6.45, 7) is 3.62. The van der Waals surface area contributed by atoms with Crippen molar-refractivity contribution in [3.63, 3.8) is 0 Å². The molecule has 3 aromatic rings. The lowest BCUT2D eigenvalue weighted by Gasteiger charge is -2.11. The van der Waals surface area contributed by atoms with Gasteiger partial charge in [0.25, 0.3) is 0 Å². The minimum atomic E-state index is -4.51. The molecule has 0 saturated carbocycles. The van der Waals surface area contributed by atoms with Crippen molar-refractivity contribution < 1.29 is 18.0 Å². The summed E-state index contributed by atoms with van der Waals surface area (Å²) in [5, 5.41) is 9.85. The number of benzene rings is 1. The largest absolute Gasteiger partial charge is 0.416 e. The molecule has 1 aromatic carbocycles. The Balaban J connectivity index is 1.74. The van der Waals surface area contributed by atoms with Gasteiger partial charge in [-0.15, -0.1) is 0 Å². The molecule has 0 aliphatic heterocycles. The Morgan fingerprint density at radius 3 is 2.71 bits per heavy atom. The SMILES string of the molecule is C=C/C(=C\C=C(/N)c1cncc2c1cnn2C)NC(=O)Nc1cccc(C(F)(F)F)c1. The number of amides is 2. The average Bonchev–Trinajstić information content (AvgIpc) is 3.11. The number of nitrogens with one attached hydrogen (secondary N) is 2. The molecule has 160 valence electrons. The molecular weight excluding hydrogens is 409 g/mol. The number of carbonyl (C=O) groups is 1. The topological polar surface area (TPSA) is 97.9 Å². The second kappa shape index (κ2) is 8.74. The lowest BCUT2D eigenvalue weighted by Crippen LogP contribution is -2.27. The first-order chi connectivity index (χ1) is 14.7. The summed E-state index contributed by atoms with van der Waals surface area (Å²) in [5.74, 6) is 0. The summed E-state index contributed by atoms with van der Waals surface area (Å²) in [6.07, 6.45) is 4.89. The van der Waals surface area contributed by atoms with E-state index in [0.29, 0.717) is 17.0 Å². The number of hydrogen-bond acceptors (Lipinski definition) is 4. The van der Waals surface area contributed by atoms with E-state index < -0.39 is 17.8 Å². The van der Waals surface area contributed by atoms with Crippen molar-refractivity contribution in [1.29, 1.82) is 0 Å². The summed E-state index contributed by atoms with van der Waals surface area (Å²) >= 11 is 0. The van der Waals surface area contributed by atoms with Crippen LogP contribution in [0.5, 0.6) is 0 Å². The highest BCUT2D eigenvalue weighted by atomic mass is 19.4. The van der Waals surface area contributed by atoms with E-state index in [2.05, 4.69) is 27.3 Å². The summed E-state index contributed by atoms with van der Waals surface area (Å²) in [5.41, 5.74) is 7.44. The van der Waals surface area contributed by atoms with E-state index in [4.69, 9.17) is 5.73 Å². The van der Waals surface area contributed by atoms with E-state index in [0.717, 1.165) is 23.0 Å². The molecule has 7 nitrogen and oxygen atoms in total. The maximum Gasteiger partial charge on any atom is 0.416 e. The van der Waals surface area contributed by atoms with Gasteiger partial charge in [0.1, 0.15) is 0 Å². The van der Waals surface area contributed by atoms with Crippen molar-refractivity contribution in [2.45, 2.75) is 6.18 Å². The average molecular weight is 428 g/mol. The number of halogens is 3. The molecule has 4 N–H and O–H groups in total. The van der Waals surface area contributed by atoms with Crippen molar-refractivity contribution in [3.8, 4) is 0 Å². The predicted molar refractivity (Wildman–Crippen MR) is 113 cm³/mol. The first kappa shape index (κ1) is 21.6. The number of urea groups is 1. The first-order valence-electron chi connectivity index (χ1n) is 9.00. The van der Waals surface area contributed by atoms with Gasteiger partial charge in [0.15, 0.2) is 0 Å². The molecule has 2 aromatic heterocycles. The highest BCUT2D eigenvalue weighted by Gasteiger charge is 2.30. The number of aryl methyl sites for hydroxylation is 1. The van der Waals surface area contributed by atoms with Gasteiger partial charge in [0, 0.05) is 41.3 Å². The van der Waals surface area contributed by atoms with Gasteiger partial charge in [-0.25, -0.2) is 4.79 Å². The van der Waals surface area contributed by atoms with E-state index in [1.807, 2.05) is 0 Å². The van der Waals surface area contributed by atoms with Gasteiger partial charge < -0.3 is 16.4 Å². The molecule has 0 unspecified atom stereocenters. The van der Waals surface area contributed by atoms with Crippen molar-refractivity contribution in [3.05, 3.63) is 84.5 Å². The smallest absolute Gasteiger partial charge is 0.398 e. The normalized spacial score (nSPS) is 12.6. The van der Waals surface area contributed by atoms with E-state index in [9.17, 15) is 18.0 Å². The Labute approximate surface area is 175 Å². The van der Waals surface area contributed by atoms with Crippen molar-refractivity contribution in [1.82, 2.24) is 20.1 Å². The number of pyridine rings is 1. The molecule has 10 heteroatoms. The summed E-state index contributed by atoms with van der Waals surface area (Å²) in [4.78, 5) is 16.3. The van der Waals surface area contributed by atoms with Crippen molar-refractivity contribution >= 4 is 28.3 Å². The fraction of sp³-hybridized carbons (Fsp3) is 0.0952. The number of rotatable bonds is 5. The number of allylic oxidation sites excluding steroid dienone is 3.